The Morgan fingerprint density at radius 2 is 1.32 bits per heavy atom. The van der Waals surface area contributed by atoms with Gasteiger partial charge in [0.15, 0.2) is 0 Å². The van der Waals surface area contributed by atoms with Crippen molar-refractivity contribution in [2.45, 2.75) is 79.2 Å². The van der Waals surface area contributed by atoms with Crippen LogP contribution in [0.5, 0.6) is 0 Å². The van der Waals surface area contributed by atoms with Crippen molar-refractivity contribution in [3.8, 4) is 0 Å². The highest BCUT2D eigenvalue weighted by Gasteiger charge is 2.24. The van der Waals surface area contributed by atoms with Gasteiger partial charge in [0.25, 0.3) is 0 Å². The highest BCUT2D eigenvalue weighted by Crippen LogP contribution is 2.20. The van der Waals surface area contributed by atoms with Crippen LogP contribution >= 0.6 is 0 Å². The van der Waals surface area contributed by atoms with Crippen molar-refractivity contribution in [1.29, 1.82) is 0 Å². The van der Waals surface area contributed by atoms with Crippen LogP contribution in [-0.4, -0.2) is 48.6 Å². The maximum atomic E-state index is 2.76. The van der Waals surface area contributed by atoms with Crippen molar-refractivity contribution < 1.29 is 0 Å². The zero-order chi connectivity index (χ0) is 14.5. The lowest BCUT2D eigenvalue weighted by Crippen LogP contribution is -2.46. The molecule has 0 saturated carbocycles. The summed E-state index contributed by atoms with van der Waals surface area (Å²) in [4.78, 5) is 5.40. The van der Waals surface area contributed by atoms with E-state index in [1.165, 1.54) is 71.2 Å². The predicted octanol–water partition coefficient (Wildman–Crippen LogP) is 4.40. The SMILES string of the molecule is CC.CC.CCCN1CCC(N2CCCCC2)CC1. The number of hydrogen-bond acceptors (Lipinski definition) is 2. The van der Waals surface area contributed by atoms with Crippen molar-refractivity contribution in [2.75, 3.05) is 32.7 Å². The fraction of sp³-hybridized carbons (Fsp3) is 1.00. The minimum absolute atomic E-state index is 0.915. The summed E-state index contributed by atoms with van der Waals surface area (Å²) in [5.41, 5.74) is 0. The molecule has 2 nitrogen and oxygen atoms in total. The molecule has 0 unspecified atom stereocenters. The molecule has 0 aromatic rings. The molecule has 2 rings (SSSR count). The molecule has 116 valence electrons. The van der Waals surface area contributed by atoms with Crippen LogP contribution in [0, 0.1) is 0 Å². The summed E-state index contributed by atoms with van der Waals surface area (Å²) < 4.78 is 0. The van der Waals surface area contributed by atoms with E-state index in [4.69, 9.17) is 0 Å². The molecule has 0 aromatic heterocycles. The van der Waals surface area contributed by atoms with Gasteiger partial charge in [0.05, 0.1) is 0 Å². The normalized spacial score (nSPS) is 21.9. The summed E-state index contributed by atoms with van der Waals surface area (Å²) in [5, 5.41) is 0. The Labute approximate surface area is 122 Å². The standard InChI is InChI=1S/C13H26N2.2C2H6/c1-2-8-14-11-6-13(7-12-14)15-9-4-3-5-10-15;2*1-2/h13H,2-12H2,1H3;2*1-2H3. The van der Waals surface area contributed by atoms with Gasteiger partial charge in [-0.2, -0.15) is 0 Å². The number of hydrogen-bond donors (Lipinski definition) is 0. The largest absolute Gasteiger partial charge is 0.303 e. The van der Waals surface area contributed by atoms with E-state index in [1.54, 1.807) is 0 Å². The Balaban J connectivity index is 0.000000741. The molecule has 2 heteroatoms. The zero-order valence-corrected chi connectivity index (χ0v) is 14.2. The summed E-state index contributed by atoms with van der Waals surface area (Å²) in [6.07, 6.45) is 8.49. The molecule has 2 aliphatic heterocycles. The third-order valence-corrected chi connectivity index (χ3v) is 4.00. The molecule has 2 aliphatic rings. The van der Waals surface area contributed by atoms with Gasteiger partial charge in [0.1, 0.15) is 0 Å². The van der Waals surface area contributed by atoms with Gasteiger partial charge in [-0.3, -0.25) is 0 Å². The average Bonchev–Trinajstić information content (AvgIpc) is 2.53. The number of likely N-dealkylation sites (tertiary alicyclic amines) is 2. The summed E-state index contributed by atoms with van der Waals surface area (Å²) in [5.74, 6) is 0. The quantitative estimate of drug-likeness (QED) is 0.750. The molecule has 2 saturated heterocycles. The molecule has 19 heavy (non-hydrogen) atoms. The summed E-state index contributed by atoms with van der Waals surface area (Å²) >= 11 is 0. The Morgan fingerprint density at radius 1 is 0.789 bits per heavy atom. The van der Waals surface area contributed by atoms with Crippen LogP contribution in [0.2, 0.25) is 0 Å². The first-order chi connectivity index (χ1) is 9.40. The first-order valence-electron chi connectivity index (χ1n) is 8.86. The van der Waals surface area contributed by atoms with Crippen LogP contribution in [0.25, 0.3) is 0 Å². The molecule has 2 fully saturated rings. The van der Waals surface area contributed by atoms with E-state index in [0.29, 0.717) is 0 Å². The van der Waals surface area contributed by atoms with Crippen LogP contribution in [0.15, 0.2) is 0 Å². The average molecular weight is 271 g/mol. The van der Waals surface area contributed by atoms with E-state index in [0.717, 1.165) is 6.04 Å². The fourth-order valence-electron chi connectivity index (χ4n) is 3.11. The molecule has 0 aromatic carbocycles. The maximum Gasteiger partial charge on any atom is 0.0120 e. The number of piperidine rings is 2. The van der Waals surface area contributed by atoms with Crippen LogP contribution in [-0.2, 0) is 0 Å². The van der Waals surface area contributed by atoms with E-state index in [9.17, 15) is 0 Å². The third-order valence-electron chi connectivity index (χ3n) is 4.00. The Bertz CT molecular complexity index is 168. The molecular formula is C17H38N2. The molecule has 0 N–H and O–H groups in total. The number of nitrogens with zero attached hydrogens (tertiary/aromatic N) is 2. The number of rotatable bonds is 3. The van der Waals surface area contributed by atoms with Gasteiger partial charge >= 0.3 is 0 Å². The minimum atomic E-state index is 0.915. The third kappa shape index (κ3) is 7.31. The first-order valence-corrected chi connectivity index (χ1v) is 8.86. The second-order valence-corrected chi connectivity index (χ2v) is 5.17. The summed E-state index contributed by atoms with van der Waals surface area (Å²) in [6.45, 7) is 17.0. The lowest BCUT2D eigenvalue weighted by molar-refractivity contribution is 0.0927. The Morgan fingerprint density at radius 3 is 1.79 bits per heavy atom. The zero-order valence-electron chi connectivity index (χ0n) is 14.2. The van der Waals surface area contributed by atoms with Crippen LogP contribution in [0.3, 0.4) is 0 Å². The van der Waals surface area contributed by atoms with E-state index in [1.807, 2.05) is 27.7 Å². The van der Waals surface area contributed by atoms with E-state index in [2.05, 4.69) is 16.7 Å². The topological polar surface area (TPSA) is 6.48 Å². The van der Waals surface area contributed by atoms with Gasteiger partial charge in [0.2, 0.25) is 0 Å². The van der Waals surface area contributed by atoms with Gasteiger partial charge < -0.3 is 9.80 Å². The van der Waals surface area contributed by atoms with Crippen molar-refractivity contribution in [3.63, 3.8) is 0 Å². The van der Waals surface area contributed by atoms with Gasteiger partial charge in [-0.25, -0.2) is 0 Å². The van der Waals surface area contributed by atoms with Crippen molar-refractivity contribution in [2.24, 2.45) is 0 Å². The monoisotopic (exact) mass is 270 g/mol. The minimum Gasteiger partial charge on any atom is -0.303 e. The highest BCUT2D eigenvalue weighted by atomic mass is 15.2. The summed E-state index contributed by atoms with van der Waals surface area (Å²) in [7, 11) is 0. The predicted molar refractivity (Wildman–Crippen MR) is 87.9 cm³/mol. The molecular weight excluding hydrogens is 232 g/mol. The van der Waals surface area contributed by atoms with Crippen molar-refractivity contribution in [1.82, 2.24) is 9.80 Å². The first kappa shape index (κ1) is 18.9. The molecule has 0 bridgehead atoms. The smallest absolute Gasteiger partial charge is 0.0120 e. The second kappa shape index (κ2) is 12.9. The fourth-order valence-corrected chi connectivity index (χ4v) is 3.11. The van der Waals surface area contributed by atoms with E-state index >= 15 is 0 Å². The lowest BCUT2D eigenvalue weighted by atomic mass is 10.00. The van der Waals surface area contributed by atoms with Gasteiger partial charge in [-0.05, 0) is 64.8 Å². The van der Waals surface area contributed by atoms with Crippen LogP contribution in [0.1, 0.15) is 73.1 Å². The second-order valence-electron chi connectivity index (χ2n) is 5.17. The van der Waals surface area contributed by atoms with Crippen LogP contribution in [0.4, 0.5) is 0 Å². The highest BCUT2D eigenvalue weighted by molar-refractivity contribution is 4.81. The molecule has 0 radical (unpaired) electrons. The van der Waals surface area contributed by atoms with E-state index in [-0.39, 0.29) is 0 Å². The maximum absolute atomic E-state index is 2.76. The summed E-state index contributed by atoms with van der Waals surface area (Å²) in [6, 6.07) is 0.915. The van der Waals surface area contributed by atoms with E-state index < -0.39 is 0 Å². The van der Waals surface area contributed by atoms with Crippen molar-refractivity contribution >= 4 is 0 Å². The molecule has 0 spiro atoms. The lowest BCUT2D eigenvalue weighted by Gasteiger charge is -2.40. The van der Waals surface area contributed by atoms with Gasteiger partial charge in [0, 0.05) is 6.04 Å². The molecule has 0 aliphatic carbocycles. The van der Waals surface area contributed by atoms with Crippen LogP contribution < -0.4 is 0 Å². The van der Waals surface area contributed by atoms with Crippen molar-refractivity contribution in [3.05, 3.63) is 0 Å². The van der Waals surface area contributed by atoms with Gasteiger partial charge in [-0.15, -0.1) is 0 Å². The molecule has 0 amide bonds. The van der Waals surface area contributed by atoms with Gasteiger partial charge in [-0.1, -0.05) is 41.0 Å². The Kier molecular flexibility index (Phi) is 12.9. The molecule has 0 atom stereocenters. The molecule has 2 heterocycles. The Hall–Kier alpha value is -0.0800.